The van der Waals surface area contributed by atoms with Crippen LogP contribution in [-0.4, -0.2) is 25.7 Å². The number of nitrogens with zero attached hydrogens (tertiary/aromatic N) is 2. The van der Waals surface area contributed by atoms with Crippen molar-refractivity contribution in [3.63, 3.8) is 0 Å². The van der Waals surface area contributed by atoms with Crippen LogP contribution in [0.1, 0.15) is 49.4 Å². The van der Waals surface area contributed by atoms with Gasteiger partial charge in [0.05, 0.1) is 17.5 Å². The van der Waals surface area contributed by atoms with Crippen molar-refractivity contribution in [1.29, 1.82) is 0 Å². The molecule has 5 nitrogen and oxygen atoms in total. The van der Waals surface area contributed by atoms with Crippen molar-refractivity contribution < 1.29 is 4.79 Å². The number of Topliss-reactive ketones (excluding diaryl/α,β-unsaturated/α-hetero) is 1. The summed E-state index contributed by atoms with van der Waals surface area (Å²) >= 11 is 0. The van der Waals surface area contributed by atoms with Crippen LogP contribution in [0.25, 0.3) is 33.3 Å². The first-order valence-corrected chi connectivity index (χ1v) is 9.60. The summed E-state index contributed by atoms with van der Waals surface area (Å²) < 4.78 is 0. The Morgan fingerprint density at radius 1 is 1.11 bits per heavy atom. The van der Waals surface area contributed by atoms with E-state index in [2.05, 4.69) is 27.9 Å². The zero-order chi connectivity index (χ0) is 18.4. The third kappa shape index (κ3) is 2.65. The summed E-state index contributed by atoms with van der Waals surface area (Å²) in [5, 5.41) is 1.13. The topological polar surface area (TPSA) is 74.4 Å². The predicted molar refractivity (Wildman–Crippen MR) is 107 cm³/mol. The van der Waals surface area contributed by atoms with Crippen molar-refractivity contribution >= 4 is 27.9 Å². The van der Waals surface area contributed by atoms with Crippen LogP contribution in [0.3, 0.4) is 0 Å². The van der Waals surface area contributed by atoms with E-state index in [1.807, 2.05) is 24.4 Å². The summed E-state index contributed by atoms with van der Waals surface area (Å²) in [5.41, 5.74) is 4.62. The van der Waals surface area contributed by atoms with Gasteiger partial charge in [-0.05, 0) is 31.0 Å². The average molecular weight is 358 g/mol. The molecule has 1 fully saturated rings. The second-order valence-corrected chi connectivity index (χ2v) is 7.88. The number of carbonyl (C=O) groups excluding carboxylic acids is 1. The smallest absolute Gasteiger partial charge is 0.172 e. The van der Waals surface area contributed by atoms with E-state index in [4.69, 9.17) is 4.98 Å². The number of aromatic amines is 2. The van der Waals surface area contributed by atoms with Gasteiger partial charge in [0.2, 0.25) is 0 Å². The molecule has 0 bridgehead atoms. The lowest BCUT2D eigenvalue weighted by Crippen LogP contribution is -2.30. The summed E-state index contributed by atoms with van der Waals surface area (Å²) in [7, 11) is 0. The zero-order valence-corrected chi connectivity index (χ0v) is 15.4. The number of benzene rings is 1. The normalized spacial score (nSPS) is 16.8. The molecule has 4 aromatic rings. The quantitative estimate of drug-likeness (QED) is 0.491. The molecular weight excluding hydrogens is 336 g/mol. The van der Waals surface area contributed by atoms with Crippen molar-refractivity contribution in [2.75, 3.05) is 0 Å². The van der Waals surface area contributed by atoms with E-state index in [9.17, 15) is 4.79 Å². The maximum atomic E-state index is 13.3. The fourth-order valence-corrected chi connectivity index (χ4v) is 4.30. The van der Waals surface area contributed by atoms with Crippen LogP contribution in [-0.2, 0) is 0 Å². The molecule has 0 aliphatic heterocycles. The van der Waals surface area contributed by atoms with E-state index in [0.717, 1.165) is 47.8 Å². The Hall–Kier alpha value is -2.95. The number of hydrogen-bond acceptors (Lipinski definition) is 3. The number of ketones is 1. The highest BCUT2D eigenvalue weighted by atomic mass is 16.1. The molecule has 0 spiro atoms. The van der Waals surface area contributed by atoms with Gasteiger partial charge < -0.3 is 9.97 Å². The van der Waals surface area contributed by atoms with Crippen LogP contribution in [0.15, 0.2) is 42.9 Å². The molecule has 5 heteroatoms. The van der Waals surface area contributed by atoms with Crippen LogP contribution in [0, 0.1) is 5.41 Å². The molecule has 0 atom stereocenters. The number of aromatic nitrogens is 4. The van der Waals surface area contributed by atoms with Crippen molar-refractivity contribution in [1.82, 2.24) is 19.9 Å². The Balaban J connectivity index is 1.59. The Labute approximate surface area is 157 Å². The molecule has 1 aliphatic carbocycles. The highest BCUT2D eigenvalue weighted by molar-refractivity contribution is 6.08. The van der Waals surface area contributed by atoms with E-state index in [0.29, 0.717) is 16.7 Å². The SMILES string of the molecule is CC1(C(=O)c2c[nH]c3ncc(-c4ccc5[nH]ccc5c4)nc23)CCCCC1. The molecule has 5 rings (SSSR count). The molecule has 0 amide bonds. The van der Waals surface area contributed by atoms with Crippen molar-refractivity contribution in [2.45, 2.75) is 39.0 Å². The number of carbonyl (C=O) groups is 1. The Morgan fingerprint density at radius 3 is 2.81 bits per heavy atom. The van der Waals surface area contributed by atoms with E-state index in [1.54, 1.807) is 12.4 Å². The molecule has 27 heavy (non-hydrogen) atoms. The minimum absolute atomic E-state index is 0.195. The molecule has 1 aliphatic rings. The van der Waals surface area contributed by atoms with Crippen LogP contribution >= 0.6 is 0 Å². The molecule has 0 radical (unpaired) electrons. The fourth-order valence-electron chi connectivity index (χ4n) is 4.30. The standard InChI is InChI=1S/C22H22N4O/c1-22(8-3-2-4-9-22)20(27)16-12-24-21-19(16)26-18(13-25-21)14-5-6-17-15(11-14)7-10-23-17/h5-7,10-13,23H,2-4,8-9H2,1H3,(H,24,25). The van der Waals surface area contributed by atoms with E-state index in [1.165, 1.54) is 6.42 Å². The first-order chi connectivity index (χ1) is 13.1. The number of hydrogen-bond donors (Lipinski definition) is 2. The Bertz CT molecular complexity index is 1150. The number of H-pyrrole nitrogens is 2. The molecule has 136 valence electrons. The minimum Gasteiger partial charge on any atom is -0.361 e. The lowest BCUT2D eigenvalue weighted by molar-refractivity contribution is 0.0751. The van der Waals surface area contributed by atoms with Gasteiger partial charge in [-0.1, -0.05) is 32.3 Å². The van der Waals surface area contributed by atoms with Gasteiger partial charge in [0, 0.05) is 34.3 Å². The molecule has 1 saturated carbocycles. The molecule has 1 aromatic carbocycles. The molecule has 3 aromatic heterocycles. The number of nitrogens with one attached hydrogen (secondary N) is 2. The van der Waals surface area contributed by atoms with Gasteiger partial charge in [-0.2, -0.15) is 0 Å². The summed E-state index contributed by atoms with van der Waals surface area (Å²) in [5.74, 6) is 0.195. The van der Waals surface area contributed by atoms with Crippen LogP contribution in [0.2, 0.25) is 0 Å². The highest BCUT2D eigenvalue weighted by Crippen LogP contribution is 2.39. The lowest BCUT2D eigenvalue weighted by Gasteiger charge is -2.31. The summed E-state index contributed by atoms with van der Waals surface area (Å²) in [6.07, 6.45) is 10.9. The summed E-state index contributed by atoms with van der Waals surface area (Å²) in [4.78, 5) is 29.0. The number of fused-ring (bicyclic) bond motifs is 2. The van der Waals surface area contributed by atoms with Gasteiger partial charge in [-0.25, -0.2) is 9.97 Å². The Kier molecular flexibility index (Phi) is 3.64. The van der Waals surface area contributed by atoms with Gasteiger partial charge >= 0.3 is 0 Å². The second-order valence-electron chi connectivity index (χ2n) is 7.88. The summed E-state index contributed by atoms with van der Waals surface area (Å²) in [6, 6.07) is 8.21. The van der Waals surface area contributed by atoms with Gasteiger partial charge in [-0.3, -0.25) is 4.79 Å². The summed E-state index contributed by atoms with van der Waals surface area (Å²) in [6.45, 7) is 2.10. The van der Waals surface area contributed by atoms with Crippen LogP contribution in [0.5, 0.6) is 0 Å². The van der Waals surface area contributed by atoms with Crippen molar-refractivity contribution in [3.8, 4) is 11.3 Å². The Morgan fingerprint density at radius 2 is 1.96 bits per heavy atom. The molecule has 0 saturated heterocycles. The maximum absolute atomic E-state index is 13.3. The lowest BCUT2D eigenvalue weighted by atomic mass is 9.71. The predicted octanol–water partition coefficient (Wildman–Crippen LogP) is 5.26. The molecule has 3 heterocycles. The third-order valence-electron chi connectivity index (χ3n) is 5.98. The monoisotopic (exact) mass is 358 g/mol. The first-order valence-electron chi connectivity index (χ1n) is 9.60. The largest absolute Gasteiger partial charge is 0.361 e. The zero-order valence-electron chi connectivity index (χ0n) is 15.4. The molecular formula is C22H22N4O. The first kappa shape index (κ1) is 16.2. The molecule has 0 unspecified atom stereocenters. The van der Waals surface area contributed by atoms with Gasteiger partial charge in [-0.15, -0.1) is 0 Å². The van der Waals surface area contributed by atoms with E-state index >= 15 is 0 Å². The van der Waals surface area contributed by atoms with Gasteiger partial charge in [0.1, 0.15) is 5.52 Å². The maximum Gasteiger partial charge on any atom is 0.172 e. The van der Waals surface area contributed by atoms with Gasteiger partial charge in [0.25, 0.3) is 0 Å². The second kappa shape index (κ2) is 6.05. The van der Waals surface area contributed by atoms with Crippen molar-refractivity contribution in [2.24, 2.45) is 5.41 Å². The molecule has 2 N–H and O–H groups in total. The minimum atomic E-state index is -0.283. The number of rotatable bonds is 3. The average Bonchev–Trinajstić information content (AvgIpc) is 3.33. The highest BCUT2D eigenvalue weighted by Gasteiger charge is 2.36. The van der Waals surface area contributed by atoms with E-state index < -0.39 is 0 Å². The fraction of sp³-hybridized carbons (Fsp3) is 0.318. The third-order valence-corrected chi connectivity index (χ3v) is 5.98. The van der Waals surface area contributed by atoms with Crippen LogP contribution in [0.4, 0.5) is 0 Å². The van der Waals surface area contributed by atoms with Crippen LogP contribution < -0.4 is 0 Å². The van der Waals surface area contributed by atoms with Gasteiger partial charge in [0.15, 0.2) is 11.4 Å². The van der Waals surface area contributed by atoms with E-state index in [-0.39, 0.29) is 11.2 Å². The van der Waals surface area contributed by atoms with Crippen molar-refractivity contribution in [3.05, 3.63) is 48.4 Å².